The monoisotopic (exact) mass is 438 g/mol. The van der Waals surface area contributed by atoms with E-state index in [1.54, 1.807) is 12.1 Å². The number of halogens is 4. The van der Waals surface area contributed by atoms with Gasteiger partial charge in [0.05, 0.1) is 0 Å². The maximum absolute atomic E-state index is 14.9. The number of allylic oxidation sites excluding steroid dienone is 4. The molecule has 164 valence electrons. The highest BCUT2D eigenvalue weighted by molar-refractivity contribution is 5.74. The van der Waals surface area contributed by atoms with Crippen LogP contribution in [0.25, 0.3) is 27.8 Å². The molecule has 1 aliphatic rings. The van der Waals surface area contributed by atoms with Crippen molar-refractivity contribution in [3.05, 3.63) is 95.6 Å². The molecule has 3 aromatic carbocycles. The molecular weight excluding hydrogens is 416 g/mol. The zero-order valence-electron chi connectivity index (χ0n) is 17.5. The van der Waals surface area contributed by atoms with E-state index in [1.807, 2.05) is 19.1 Å². The first kappa shape index (κ1) is 21.9. The molecule has 0 amide bonds. The van der Waals surface area contributed by atoms with Crippen molar-refractivity contribution >= 4 is 5.57 Å². The summed E-state index contributed by atoms with van der Waals surface area (Å²) >= 11 is 0. The molecule has 32 heavy (non-hydrogen) atoms. The Bertz CT molecular complexity index is 1210. The van der Waals surface area contributed by atoms with Crippen molar-refractivity contribution in [2.24, 2.45) is 5.92 Å². The van der Waals surface area contributed by atoms with Gasteiger partial charge in [-0.05, 0) is 60.9 Å². The Morgan fingerprint density at radius 2 is 1.28 bits per heavy atom. The van der Waals surface area contributed by atoms with E-state index >= 15 is 0 Å². The number of aromatic hydroxyl groups is 1. The van der Waals surface area contributed by atoms with Gasteiger partial charge in [0.15, 0.2) is 23.2 Å². The lowest BCUT2D eigenvalue weighted by Crippen LogP contribution is -2.05. The van der Waals surface area contributed by atoms with Crippen LogP contribution in [0, 0.1) is 29.2 Å². The van der Waals surface area contributed by atoms with Gasteiger partial charge in [0.1, 0.15) is 0 Å². The fraction of sp³-hybridized carbons (Fsp3) is 0.185. The summed E-state index contributed by atoms with van der Waals surface area (Å²) in [5.41, 5.74) is 1.93. The lowest BCUT2D eigenvalue weighted by Gasteiger charge is -2.20. The summed E-state index contributed by atoms with van der Waals surface area (Å²) in [5.74, 6) is -4.66. The molecule has 1 N–H and O–H groups in total. The SMILES string of the molecule is C/C=C/C1CC=C(c2ccc(-c3ccc(-c4ccc(O)c(F)c4F)cc3)c(F)c2F)CC1. The summed E-state index contributed by atoms with van der Waals surface area (Å²) in [5, 5.41) is 9.28. The summed E-state index contributed by atoms with van der Waals surface area (Å²) < 4.78 is 57.6. The second-order valence-corrected chi connectivity index (χ2v) is 7.92. The van der Waals surface area contributed by atoms with Gasteiger partial charge in [0, 0.05) is 16.7 Å². The number of phenols is 1. The Kier molecular flexibility index (Phi) is 6.17. The molecule has 0 spiro atoms. The third-order valence-corrected chi connectivity index (χ3v) is 5.91. The van der Waals surface area contributed by atoms with E-state index in [0.29, 0.717) is 23.5 Å². The molecule has 0 radical (unpaired) electrons. The van der Waals surface area contributed by atoms with Crippen molar-refractivity contribution in [1.82, 2.24) is 0 Å². The van der Waals surface area contributed by atoms with Crippen LogP contribution in [0.2, 0.25) is 0 Å². The van der Waals surface area contributed by atoms with E-state index in [-0.39, 0.29) is 16.7 Å². The maximum Gasteiger partial charge on any atom is 0.200 e. The normalized spacial score (nSPS) is 16.4. The first-order chi connectivity index (χ1) is 15.4. The lowest BCUT2D eigenvalue weighted by molar-refractivity contribution is 0.408. The Labute approximate surface area is 184 Å². The first-order valence-electron chi connectivity index (χ1n) is 10.5. The van der Waals surface area contributed by atoms with Gasteiger partial charge in [-0.25, -0.2) is 13.2 Å². The minimum absolute atomic E-state index is 0.0330. The summed E-state index contributed by atoms with van der Waals surface area (Å²) in [6.45, 7) is 1.97. The van der Waals surface area contributed by atoms with Crippen molar-refractivity contribution in [1.29, 1.82) is 0 Å². The topological polar surface area (TPSA) is 20.2 Å². The van der Waals surface area contributed by atoms with E-state index in [4.69, 9.17) is 0 Å². The molecule has 0 aromatic heterocycles. The molecule has 1 unspecified atom stereocenters. The molecule has 0 bridgehead atoms. The quantitative estimate of drug-likeness (QED) is 0.323. The van der Waals surface area contributed by atoms with E-state index in [0.717, 1.165) is 24.5 Å². The smallest absolute Gasteiger partial charge is 0.200 e. The molecule has 0 saturated carbocycles. The zero-order chi connectivity index (χ0) is 22.8. The highest BCUT2D eigenvalue weighted by atomic mass is 19.2. The van der Waals surface area contributed by atoms with Crippen molar-refractivity contribution in [3.63, 3.8) is 0 Å². The maximum atomic E-state index is 14.9. The molecule has 1 aliphatic carbocycles. The molecule has 5 heteroatoms. The van der Waals surface area contributed by atoms with Crippen molar-refractivity contribution in [2.75, 3.05) is 0 Å². The summed E-state index contributed by atoms with van der Waals surface area (Å²) in [7, 11) is 0. The van der Waals surface area contributed by atoms with Gasteiger partial charge in [0.2, 0.25) is 5.82 Å². The first-order valence-corrected chi connectivity index (χ1v) is 10.5. The van der Waals surface area contributed by atoms with Crippen molar-refractivity contribution in [2.45, 2.75) is 26.2 Å². The Hall–Kier alpha value is -3.34. The van der Waals surface area contributed by atoms with Crippen LogP contribution < -0.4 is 0 Å². The predicted molar refractivity (Wildman–Crippen MR) is 119 cm³/mol. The fourth-order valence-electron chi connectivity index (χ4n) is 4.16. The number of hydrogen-bond donors (Lipinski definition) is 1. The van der Waals surface area contributed by atoms with Gasteiger partial charge < -0.3 is 5.11 Å². The number of hydrogen-bond acceptors (Lipinski definition) is 1. The molecule has 1 atom stereocenters. The molecule has 0 saturated heterocycles. The van der Waals surface area contributed by atoms with Gasteiger partial charge in [-0.15, -0.1) is 0 Å². The molecular formula is C27H22F4O. The molecule has 0 heterocycles. The average molecular weight is 438 g/mol. The fourth-order valence-corrected chi connectivity index (χ4v) is 4.16. The van der Waals surface area contributed by atoms with Crippen LogP contribution in [-0.2, 0) is 0 Å². The number of rotatable bonds is 4. The minimum atomic E-state index is -1.33. The van der Waals surface area contributed by atoms with Crippen LogP contribution in [0.3, 0.4) is 0 Å². The van der Waals surface area contributed by atoms with Gasteiger partial charge in [-0.2, -0.15) is 4.39 Å². The molecule has 0 fully saturated rings. The van der Waals surface area contributed by atoms with Crippen LogP contribution in [0.4, 0.5) is 17.6 Å². The largest absolute Gasteiger partial charge is 0.505 e. The second kappa shape index (κ2) is 9.03. The standard InChI is InChI=1S/C27H22F4O/c1-2-3-16-4-6-17(7-5-16)20-12-13-21(25(29)24(20)28)18-8-10-19(11-9-18)22-14-15-23(32)27(31)26(22)30/h2-3,6,8-16,32H,4-5,7H2,1H3/b3-2+. The van der Waals surface area contributed by atoms with Crippen LogP contribution in [-0.4, -0.2) is 5.11 Å². The van der Waals surface area contributed by atoms with Crippen LogP contribution in [0.5, 0.6) is 5.75 Å². The molecule has 4 rings (SSSR count). The van der Waals surface area contributed by atoms with Crippen molar-refractivity contribution in [3.8, 4) is 28.0 Å². The molecule has 0 aliphatic heterocycles. The van der Waals surface area contributed by atoms with Gasteiger partial charge in [-0.3, -0.25) is 0 Å². The summed E-state index contributed by atoms with van der Waals surface area (Å²) in [6.07, 6.45) is 8.51. The molecule has 1 nitrogen and oxygen atoms in total. The predicted octanol–water partition coefficient (Wildman–Crippen LogP) is 8.04. The van der Waals surface area contributed by atoms with E-state index in [1.165, 1.54) is 30.3 Å². The molecule has 3 aromatic rings. The summed E-state index contributed by atoms with van der Waals surface area (Å²) in [4.78, 5) is 0. The Morgan fingerprint density at radius 3 is 1.84 bits per heavy atom. The zero-order valence-corrected chi connectivity index (χ0v) is 17.5. The highest BCUT2D eigenvalue weighted by Gasteiger charge is 2.20. The van der Waals surface area contributed by atoms with Crippen molar-refractivity contribution < 1.29 is 22.7 Å². The second-order valence-electron chi connectivity index (χ2n) is 7.92. The van der Waals surface area contributed by atoms with Crippen LogP contribution in [0.15, 0.2) is 66.8 Å². The summed E-state index contributed by atoms with van der Waals surface area (Å²) in [6, 6.07) is 11.5. The van der Waals surface area contributed by atoms with Crippen LogP contribution >= 0.6 is 0 Å². The third kappa shape index (κ3) is 4.07. The van der Waals surface area contributed by atoms with Gasteiger partial charge in [0.25, 0.3) is 0 Å². The third-order valence-electron chi connectivity index (χ3n) is 5.91. The average Bonchev–Trinajstić information content (AvgIpc) is 2.81. The highest BCUT2D eigenvalue weighted by Crippen LogP contribution is 2.36. The van der Waals surface area contributed by atoms with E-state index < -0.39 is 29.0 Å². The van der Waals surface area contributed by atoms with Gasteiger partial charge in [-0.1, -0.05) is 54.6 Å². The number of benzene rings is 3. The lowest BCUT2D eigenvalue weighted by atomic mass is 9.85. The van der Waals surface area contributed by atoms with Gasteiger partial charge >= 0.3 is 0 Å². The van der Waals surface area contributed by atoms with E-state index in [9.17, 15) is 22.7 Å². The number of phenolic OH excluding ortho intramolecular Hbond substituents is 1. The minimum Gasteiger partial charge on any atom is -0.505 e. The Morgan fingerprint density at radius 1 is 0.750 bits per heavy atom. The Balaban J connectivity index is 1.63. The van der Waals surface area contributed by atoms with Crippen LogP contribution in [0.1, 0.15) is 31.7 Å². The van der Waals surface area contributed by atoms with E-state index in [2.05, 4.69) is 6.08 Å².